The summed E-state index contributed by atoms with van der Waals surface area (Å²) in [6.07, 6.45) is 0. The number of pyridine rings is 1. The van der Waals surface area contributed by atoms with Gasteiger partial charge in [0.1, 0.15) is 0 Å². The van der Waals surface area contributed by atoms with Crippen molar-refractivity contribution in [1.82, 2.24) is 24.5 Å². The van der Waals surface area contributed by atoms with Gasteiger partial charge in [0.25, 0.3) is 0 Å². The van der Waals surface area contributed by atoms with E-state index in [0.717, 1.165) is 72.0 Å². The predicted octanol–water partition coefficient (Wildman–Crippen LogP) is 14.2. The number of benzene rings is 9. The third kappa shape index (κ3) is 6.02. The van der Waals surface area contributed by atoms with Gasteiger partial charge in [-0.05, 0) is 75.8 Å². The zero-order chi connectivity index (χ0) is 40.3. The van der Waals surface area contributed by atoms with Crippen LogP contribution < -0.4 is 0 Å². The molecule has 284 valence electrons. The predicted molar refractivity (Wildman–Crippen MR) is 252 cm³/mol. The van der Waals surface area contributed by atoms with Crippen molar-refractivity contribution in [2.24, 2.45) is 0 Å². The zero-order valence-electron chi connectivity index (χ0n) is 32.9. The molecule has 0 radical (unpaired) electrons. The van der Waals surface area contributed by atoms with E-state index < -0.39 is 0 Å². The van der Waals surface area contributed by atoms with Crippen LogP contribution in [0.4, 0.5) is 0 Å². The van der Waals surface area contributed by atoms with E-state index >= 15 is 0 Å². The molecule has 0 aliphatic carbocycles. The van der Waals surface area contributed by atoms with E-state index in [1.54, 1.807) is 0 Å². The van der Waals surface area contributed by atoms with Crippen LogP contribution in [0.5, 0.6) is 0 Å². The molecule has 0 atom stereocenters. The summed E-state index contributed by atoms with van der Waals surface area (Å²) in [7, 11) is 0. The van der Waals surface area contributed by atoms with Crippen LogP contribution in [0.3, 0.4) is 0 Å². The molecule has 9 aromatic carbocycles. The fraction of sp³-hybridized carbons (Fsp3) is 0. The van der Waals surface area contributed by atoms with E-state index in [1.165, 1.54) is 27.1 Å². The molecule has 0 fully saturated rings. The molecule has 61 heavy (non-hydrogen) atoms. The highest BCUT2D eigenvalue weighted by molar-refractivity contribution is 6.20. The first-order valence-corrected chi connectivity index (χ1v) is 20.5. The summed E-state index contributed by atoms with van der Waals surface area (Å²) in [6, 6.07) is 74.7. The van der Waals surface area contributed by atoms with Gasteiger partial charge in [-0.1, -0.05) is 164 Å². The number of fused-ring (bicyclic) bond motifs is 7. The highest BCUT2D eigenvalue weighted by Gasteiger charge is 2.19. The van der Waals surface area contributed by atoms with E-state index in [4.69, 9.17) is 19.9 Å². The van der Waals surface area contributed by atoms with Gasteiger partial charge < -0.3 is 4.57 Å². The van der Waals surface area contributed by atoms with Gasteiger partial charge in [-0.3, -0.25) is 0 Å². The van der Waals surface area contributed by atoms with Crippen molar-refractivity contribution in [3.05, 3.63) is 212 Å². The maximum absolute atomic E-state index is 5.46. The largest absolute Gasteiger partial charge is 0.309 e. The molecule has 0 N–H and O–H groups in total. The number of nitrogens with zero attached hydrogens (tertiary/aromatic N) is 5. The Morgan fingerprint density at radius 1 is 0.279 bits per heavy atom. The van der Waals surface area contributed by atoms with Crippen LogP contribution in [-0.2, 0) is 0 Å². The monoisotopic (exact) mass is 777 g/mol. The molecule has 0 bridgehead atoms. The summed E-state index contributed by atoms with van der Waals surface area (Å²) in [6.45, 7) is 0. The summed E-state index contributed by atoms with van der Waals surface area (Å²) in [5.41, 5.74) is 11.5. The van der Waals surface area contributed by atoms with Gasteiger partial charge in [-0.2, -0.15) is 0 Å². The van der Waals surface area contributed by atoms with Gasteiger partial charge in [-0.25, -0.2) is 19.9 Å². The number of hydrogen-bond donors (Lipinski definition) is 0. The van der Waals surface area contributed by atoms with Gasteiger partial charge in [0.05, 0.1) is 22.2 Å². The number of para-hydroxylation sites is 2. The van der Waals surface area contributed by atoms with Crippen LogP contribution in [0.25, 0.3) is 116 Å². The van der Waals surface area contributed by atoms with Gasteiger partial charge in [0.15, 0.2) is 17.5 Å². The van der Waals surface area contributed by atoms with Crippen molar-refractivity contribution in [2.75, 3.05) is 0 Å². The van der Waals surface area contributed by atoms with Crippen LogP contribution in [-0.4, -0.2) is 24.5 Å². The number of rotatable bonds is 6. The molecule has 0 aliphatic rings. The number of aromatic nitrogens is 5. The quantitative estimate of drug-likeness (QED) is 0.158. The highest BCUT2D eigenvalue weighted by Crippen LogP contribution is 2.41. The van der Waals surface area contributed by atoms with E-state index in [-0.39, 0.29) is 0 Å². The Labute approximate surface area is 351 Å². The molecule has 0 saturated carbocycles. The third-order valence-electron chi connectivity index (χ3n) is 11.8. The van der Waals surface area contributed by atoms with E-state index in [1.807, 2.05) is 60.7 Å². The third-order valence-corrected chi connectivity index (χ3v) is 11.8. The molecule has 3 aromatic heterocycles. The molecular formula is C56H35N5. The molecule has 5 nitrogen and oxygen atoms in total. The SMILES string of the molecule is c1ccc(-c2nc(-c3ccccc3)nc(-c3ccc(-c4ccc5nc(-c6ccc7ccccc7c6)c6cc7c8ccccc8n(-c8ccccc8)c7cc6c5c4)cc3)n2)cc1. The molecule has 0 saturated heterocycles. The van der Waals surface area contributed by atoms with Crippen molar-refractivity contribution in [3.63, 3.8) is 0 Å². The molecule has 0 amide bonds. The Hall–Kier alpha value is -8.28. The smallest absolute Gasteiger partial charge is 0.164 e. The van der Waals surface area contributed by atoms with Gasteiger partial charge in [-0.15, -0.1) is 0 Å². The molecule has 3 heterocycles. The van der Waals surface area contributed by atoms with Crippen LogP contribution in [0.2, 0.25) is 0 Å². The normalized spacial score (nSPS) is 11.6. The van der Waals surface area contributed by atoms with Gasteiger partial charge in [0, 0.05) is 49.5 Å². The van der Waals surface area contributed by atoms with Crippen LogP contribution in [0, 0.1) is 0 Å². The second kappa shape index (κ2) is 14.2. The summed E-state index contributed by atoms with van der Waals surface area (Å²) in [5, 5.41) is 8.20. The molecule has 5 heteroatoms. The topological polar surface area (TPSA) is 56.5 Å². The van der Waals surface area contributed by atoms with Crippen LogP contribution in [0.15, 0.2) is 212 Å². The molecular weight excluding hydrogens is 743 g/mol. The Morgan fingerprint density at radius 3 is 1.54 bits per heavy atom. The highest BCUT2D eigenvalue weighted by atomic mass is 15.0. The lowest BCUT2D eigenvalue weighted by Gasteiger charge is -2.14. The van der Waals surface area contributed by atoms with Crippen molar-refractivity contribution in [2.45, 2.75) is 0 Å². The van der Waals surface area contributed by atoms with Crippen molar-refractivity contribution in [3.8, 4) is 62.2 Å². The lowest BCUT2D eigenvalue weighted by atomic mass is 9.94. The first kappa shape index (κ1) is 34.7. The maximum Gasteiger partial charge on any atom is 0.164 e. The minimum atomic E-state index is 0.631. The Kier molecular flexibility index (Phi) is 8.10. The number of hydrogen-bond acceptors (Lipinski definition) is 4. The Morgan fingerprint density at radius 2 is 0.836 bits per heavy atom. The summed E-state index contributed by atoms with van der Waals surface area (Å²) < 4.78 is 2.39. The second-order valence-electron chi connectivity index (χ2n) is 15.5. The van der Waals surface area contributed by atoms with Crippen molar-refractivity contribution < 1.29 is 0 Å². The fourth-order valence-corrected chi connectivity index (χ4v) is 8.80. The van der Waals surface area contributed by atoms with Crippen LogP contribution >= 0.6 is 0 Å². The van der Waals surface area contributed by atoms with Crippen molar-refractivity contribution in [1.29, 1.82) is 0 Å². The first-order valence-electron chi connectivity index (χ1n) is 20.5. The molecule has 0 spiro atoms. The lowest BCUT2D eigenvalue weighted by Crippen LogP contribution is -2.00. The summed E-state index contributed by atoms with van der Waals surface area (Å²) in [4.78, 5) is 20.3. The van der Waals surface area contributed by atoms with E-state index in [0.29, 0.717) is 17.5 Å². The van der Waals surface area contributed by atoms with Gasteiger partial charge in [0.2, 0.25) is 0 Å². The standard InChI is InChI=1S/C56H35N5/c1-4-15-38(16-5-1)54-58-55(39-17-6-2-7-18-39)60-56(59-54)40-27-24-37(25-28-40)42-30-31-50-47(33-42)46-35-52-48(45-22-12-13-23-51(45)61(52)44-20-8-3-9-21-44)34-49(46)53(57-50)43-29-26-36-14-10-11-19-41(36)32-43/h1-35H. The Balaban J connectivity index is 1.04. The minimum absolute atomic E-state index is 0.631. The van der Waals surface area contributed by atoms with Crippen molar-refractivity contribution >= 4 is 54.3 Å². The second-order valence-corrected chi connectivity index (χ2v) is 15.5. The van der Waals surface area contributed by atoms with E-state index in [2.05, 4.69) is 156 Å². The van der Waals surface area contributed by atoms with E-state index in [9.17, 15) is 0 Å². The average molecular weight is 778 g/mol. The molecule has 0 unspecified atom stereocenters. The molecule has 12 rings (SSSR count). The zero-order valence-corrected chi connectivity index (χ0v) is 32.9. The lowest BCUT2D eigenvalue weighted by molar-refractivity contribution is 1.07. The minimum Gasteiger partial charge on any atom is -0.309 e. The summed E-state index contributed by atoms with van der Waals surface area (Å²) in [5.74, 6) is 1.92. The molecule has 0 aliphatic heterocycles. The molecule has 12 aromatic rings. The van der Waals surface area contributed by atoms with Crippen LogP contribution in [0.1, 0.15) is 0 Å². The Bertz CT molecular complexity index is 3560. The average Bonchev–Trinajstić information content (AvgIpc) is 3.67. The van der Waals surface area contributed by atoms with Gasteiger partial charge >= 0.3 is 0 Å². The fourth-order valence-electron chi connectivity index (χ4n) is 8.80. The summed E-state index contributed by atoms with van der Waals surface area (Å²) >= 11 is 0. The first-order chi connectivity index (χ1) is 30.2. The maximum atomic E-state index is 5.46.